The maximum atomic E-state index is 11.9. The second-order valence-corrected chi connectivity index (χ2v) is 6.84. The minimum atomic E-state index is -1.03. The molecule has 0 aliphatic carbocycles. The molecule has 0 radical (unpaired) electrons. The van der Waals surface area contributed by atoms with Crippen molar-refractivity contribution in [2.24, 2.45) is 0 Å². The number of carbonyl (C=O) groups is 1. The largest absolute Gasteiger partial charge is 0.349 e. The molecule has 3 nitrogen and oxygen atoms in total. The third kappa shape index (κ3) is 5.93. The van der Waals surface area contributed by atoms with Crippen LogP contribution in [0.4, 0.5) is 0 Å². The predicted molar refractivity (Wildman–Crippen MR) is 81.1 cm³/mol. The van der Waals surface area contributed by atoms with E-state index in [9.17, 15) is 9.00 Å². The number of rotatable bonds is 6. The third-order valence-corrected chi connectivity index (χ3v) is 4.57. The van der Waals surface area contributed by atoms with E-state index in [1.54, 1.807) is 32.3 Å². The minimum Gasteiger partial charge on any atom is -0.349 e. The smallest absolute Gasteiger partial charge is 0.222 e. The van der Waals surface area contributed by atoms with Crippen molar-refractivity contribution in [2.75, 3.05) is 19.8 Å². The van der Waals surface area contributed by atoms with E-state index >= 15 is 0 Å². The van der Waals surface area contributed by atoms with Gasteiger partial charge in [0.1, 0.15) is 0 Å². The van der Waals surface area contributed by atoms with E-state index in [0.29, 0.717) is 34.4 Å². The molecule has 0 fully saturated rings. The van der Waals surface area contributed by atoms with Crippen molar-refractivity contribution in [2.45, 2.75) is 18.6 Å². The molecule has 0 heterocycles. The molecule has 0 saturated carbocycles. The summed E-state index contributed by atoms with van der Waals surface area (Å²) in [4.78, 5) is 12.9. The van der Waals surface area contributed by atoms with E-state index in [1.807, 2.05) is 0 Å². The highest BCUT2D eigenvalue weighted by atomic mass is 35.5. The van der Waals surface area contributed by atoms with Crippen LogP contribution in [0, 0.1) is 0 Å². The molecule has 0 N–H and O–H groups in total. The fourth-order valence-corrected chi connectivity index (χ4v) is 3.16. The average Bonchev–Trinajstić information content (AvgIpc) is 2.33. The van der Waals surface area contributed by atoms with Crippen molar-refractivity contribution >= 4 is 39.9 Å². The fraction of sp³-hybridized carbons (Fsp3) is 0.462. The molecule has 0 bridgehead atoms. The van der Waals surface area contributed by atoms with Crippen LogP contribution >= 0.6 is 23.2 Å². The molecular weight excluding hydrogens is 305 g/mol. The zero-order chi connectivity index (χ0) is 14.4. The highest BCUT2D eigenvalue weighted by Gasteiger charge is 2.09. The predicted octanol–water partition coefficient (Wildman–Crippen LogP) is 3.11. The van der Waals surface area contributed by atoms with Crippen LogP contribution < -0.4 is 0 Å². The zero-order valence-corrected chi connectivity index (χ0v) is 13.3. The molecule has 1 amide bonds. The van der Waals surface area contributed by atoms with Gasteiger partial charge in [0.05, 0.1) is 5.75 Å². The van der Waals surface area contributed by atoms with Gasteiger partial charge in [-0.1, -0.05) is 23.2 Å². The van der Waals surface area contributed by atoms with Crippen LogP contribution in [0.25, 0.3) is 0 Å². The standard InChI is InChI=1S/C13H17Cl2NO2S/c1-16(2)13(17)4-3-7-19(18)9-10-8-11(14)5-6-12(10)15/h5-6,8H,3-4,7,9H2,1-2H3/t19-/m1/s1. The van der Waals surface area contributed by atoms with Crippen LogP contribution in [0.5, 0.6) is 0 Å². The van der Waals surface area contributed by atoms with E-state index in [4.69, 9.17) is 23.2 Å². The van der Waals surface area contributed by atoms with Crippen molar-refractivity contribution < 1.29 is 9.00 Å². The summed E-state index contributed by atoms with van der Waals surface area (Å²) in [5.74, 6) is 0.913. The van der Waals surface area contributed by atoms with E-state index in [-0.39, 0.29) is 5.91 Å². The number of benzene rings is 1. The highest BCUT2D eigenvalue weighted by Crippen LogP contribution is 2.22. The first kappa shape index (κ1) is 16.5. The topological polar surface area (TPSA) is 37.4 Å². The van der Waals surface area contributed by atoms with Gasteiger partial charge in [0.25, 0.3) is 0 Å². The van der Waals surface area contributed by atoms with Crippen LogP contribution in [0.2, 0.25) is 10.0 Å². The number of amides is 1. The molecular formula is C13H17Cl2NO2S. The maximum absolute atomic E-state index is 11.9. The van der Waals surface area contributed by atoms with Gasteiger partial charge in [0, 0.05) is 47.1 Å². The summed E-state index contributed by atoms with van der Waals surface area (Å²) >= 11 is 11.9. The van der Waals surface area contributed by atoms with E-state index < -0.39 is 10.8 Å². The lowest BCUT2D eigenvalue weighted by Gasteiger charge is -2.09. The van der Waals surface area contributed by atoms with Gasteiger partial charge in [-0.25, -0.2) is 0 Å². The molecule has 1 aromatic carbocycles. The van der Waals surface area contributed by atoms with Crippen LogP contribution in [-0.2, 0) is 21.3 Å². The fourth-order valence-electron chi connectivity index (χ4n) is 1.51. The Kier molecular flexibility index (Phi) is 6.83. The van der Waals surface area contributed by atoms with Gasteiger partial charge in [0.2, 0.25) is 5.91 Å². The SMILES string of the molecule is CN(C)C(=O)CCC[S@@](=O)Cc1cc(Cl)ccc1Cl. The van der Waals surface area contributed by atoms with Gasteiger partial charge in [-0.3, -0.25) is 9.00 Å². The maximum Gasteiger partial charge on any atom is 0.222 e. The summed E-state index contributed by atoms with van der Waals surface area (Å²) in [7, 11) is 2.39. The summed E-state index contributed by atoms with van der Waals surface area (Å²) in [5.41, 5.74) is 0.784. The van der Waals surface area contributed by atoms with Crippen molar-refractivity contribution in [3.63, 3.8) is 0 Å². The molecule has 0 unspecified atom stereocenters. The Bertz CT molecular complexity index is 478. The molecule has 0 aliphatic heterocycles. The Morgan fingerprint density at radius 3 is 2.63 bits per heavy atom. The Morgan fingerprint density at radius 1 is 1.32 bits per heavy atom. The molecule has 1 aromatic rings. The van der Waals surface area contributed by atoms with Gasteiger partial charge in [-0.15, -0.1) is 0 Å². The highest BCUT2D eigenvalue weighted by molar-refractivity contribution is 7.84. The molecule has 6 heteroatoms. The number of hydrogen-bond donors (Lipinski definition) is 0. The van der Waals surface area contributed by atoms with E-state index in [0.717, 1.165) is 5.56 Å². The normalized spacial score (nSPS) is 12.2. The third-order valence-electron chi connectivity index (χ3n) is 2.59. The zero-order valence-electron chi connectivity index (χ0n) is 11.0. The molecule has 106 valence electrons. The van der Waals surface area contributed by atoms with E-state index in [1.165, 1.54) is 4.90 Å². The first-order valence-electron chi connectivity index (χ1n) is 5.89. The summed E-state index contributed by atoms with van der Waals surface area (Å²) in [6, 6.07) is 5.13. The van der Waals surface area contributed by atoms with Crippen LogP contribution in [-0.4, -0.2) is 34.9 Å². The van der Waals surface area contributed by atoms with Crippen molar-refractivity contribution in [3.8, 4) is 0 Å². The number of carbonyl (C=O) groups excluding carboxylic acids is 1. The van der Waals surface area contributed by atoms with Crippen LogP contribution in [0.15, 0.2) is 18.2 Å². The molecule has 1 atom stereocenters. The number of nitrogens with zero attached hydrogens (tertiary/aromatic N) is 1. The van der Waals surface area contributed by atoms with Gasteiger partial charge in [-0.05, 0) is 30.2 Å². The van der Waals surface area contributed by atoms with Crippen molar-refractivity contribution in [1.29, 1.82) is 0 Å². The number of halogens is 2. The van der Waals surface area contributed by atoms with Crippen molar-refractivity contribution in [3.05, 3.63) is 33.8 Å². The summed E-state index contributed by atoms with van der Waals surface area (Å²) in [6.45, 7) is 0. The van der Waals surface area contributed by atoms with Crippen LogP contribution in [0.1, 0.15) is 18.4 Å². The second kappa shape index (κ2) is 7.88. The Labute approximate surface area is 126 Å². The molecule has 19 heavy (non-hydrogen) atoms. The van der Waals surface area contributed by atoms with Crippen LogP contribution in [0.3, 0.4) is 0 Å². The molecule has 0 aromatic heterocycles. The Morgan fingerprint density at radius 2 is 2.00 bits per heavy atom. The van der Waals surface area contributed by atoms with Gasteiger partial charge in [-0.2, -0.15) is 0 Å². The summed E-state index contributed by atoms with van der Waals surface area (Å²) in [5, 5.41) is 1.15. The Balaban J connectivity index is 2.43. The summed E-state index contributed by atoms with van der Waals surface area (Å²) in [6.07, 6.45) is 1.03. The first-order chi connectivity index (χ1) is 8.90. The Hall–Kier alpha value is -0.580. The quantitative estimate of drug-likeness (QED) is 0.807. The second-order valence-electron chi connectivity index (χ2n) is 4.42. The monoisotopic (exact) mass is 321 g/mol. The van der Waals surface area contributed by atoms with Crippen molar-refractivity contribution in [1.82, 2.24) is 4.90 Å². The first-order valence-corrected chi connectivity index (χ1v) is 8.13. The molecule has 0 saturated heterocycles. The van der Waals surface area contributed by atoms with Gasteiger partial charge in [0.15, 0.2) is 0 Å². The lowest BCUT2D eigenvalue weighted by molar-refractivity contribution is -0.128. The van der Waals surface area contributed by atoms with E-state index in [2.05, 4.69) is 0 Å². The summed E-state index contributed by atoms with van der Waals surface area (Å²) < 4.78 is 11.9. The minimum absolute atomic E-state index is 0.0535. The molecule has 0 aliphatic rings. The lowest BCUT2D eigenvalue weighted by atomic mass is 10.2. The number of hydrogen-bond acceptors (Lipinski definition) is 2. The van der Waals surface area contributed by atoms with Gasteiger partial charge < -0.3 is 4.90 Å². The average molecular weight is 322 g/mol. The lowest BCUT2D eigenvalue weighted by Crippen LogP contribution is -2.21. The molecule has 0 spiro atoms. The van der Waals surface area contributed by atoms with Gasteiger partial charge >= 0.3 is 0 Å². The molecule has 1 rings (SSSR count).